The molecule has 2 aromatic heterocycles. The Kier molecular flexibility index (Phi) is 4.70. The van der Waals surface area contributed by atoms with Gasteiger partial charge in [-0.1, -0.05) is 35.9 Å². The second kappa shape index (κ2) is 7.30. The van der Waals surface area contributed by atoms with Gasteiger partial charge in [-0.15, -0.1) is 0 Å². The fourth-order valence-electron chi connectivity index (χ4n) is 2.77. The third kappa shape index (κ3) is 3.47. The molecule has 0 aliphatic rings. The fraction of sp³-hybridized carbons (Fsp3) is 0.105. The predicted molar refractivity (Wildman–Crippen MR) is 102 cm³/mol. The summed E-state index contributed by atoms with van der Waals surface area (Å²) in [6.07, 6.45) is 2.17. The molecule has 0 saturated heterocycles. The lowest BCUT2D eigenvalue weighted by Crippen LogP contribution is -2.13. The van der Waals surface area contributed by atoms with Crippen molar-refractivity contribution in [2.24, 2.45) is 0 Å². The topological polar surface area (TPSA) is 75.9 Å². The van der Waals surface area contributed by atoms with E-state index >= 15 is 0 Å². The summed E-state index contributed by atoms with van der Waals surface area (Å²) in [6.45, 7) is 0.143. The van der Waals surface area contributed by atoms with E-state index in [0.717, 1.165) is 11.1 Å². The third-order valence-electron chi connectivity index (χ3n) is 4.16. The summed E-state index contributed by atoms with van der Waals surface area (Å²) < 4.78 is 15.3. The average molecular weight is 384 g/mol. The quantitative estimate of drug-likeness (QED) is 0.549. The Balaban J connectivity index is 1.57. The van der Waals surface area contributed by atoms with Crippen LogP contribution >= 0.6 is 11.6 Å². The molecule has 0 aliphatic carbocycles. The van der Waals surface area contributed by atoms with Crippen LogP contribution in [0.4, 0.5) is 10.2 Å². The van der Waals surface area contributed by atoms with E-state index in [1.54, 1.807) is 16.9 Å². The molecule has 27 heavy (non-hydrogen) atoms. The van der Waals surface area contributed by atoms with Gasteiger partial charge in [0.2, 0.25) is 0 Å². The van der Waals surface area contributed by atoms with E-state index in [0.29, 0.717) is 17.0 Å². The van der Waals surface area contributed by atoms with Crippen LogP contribution in [0.3, 0.4) is 0 Å². The Morgan fingerprint density at radius 3 is 2.74 bits per heavy atom. The first kappa shape index (κ1) is 17.4. The van der Waals surface area contributed by atoms with Gasteiger partial charge in [0.05, 0.1) is 28.4 Å². The van der Waals surface area contributed by atoms with Crippen LogP contribution in [0.2, 0.25) is 5.02 Å². The minimum Gasteiger partial charge on any atom is -0.387 e. The number of fused-ring (bicyclic) bond motifs is 1. The molecule has 136 valence electrons. The van der Waals surface area contributed by atoms with Gasteiger partial charge in [0, 0.05) is 6.54 Å². The number of aliphatic hydroxyl groups is 1. The zero-order valence-electron chi connectivity index (χ0n) is 14.0. The Labute approximate surface area is 159 Å². The zero-order valence-corrected chi connectivity index (χ0v) is 14.8. The van der Waals surface area contributed by atoms with Gasteiger partial charge in [-0.05, 0) is 29.8 Å². The molecular formula is C19H15ClFN5O. The minimum absolute atomic E-state index is 0.0183. The van der Waals surface area contributed by atoms with Crippen LogP contribution in [0, 0.1) is 5.82 Å². The van der Waals surface area contributed by atoms with E-state index in [2.05, 4.69) is 20.4 Å². The maximum atomic E-state index is 13.6. The summed E-state index contributed by atoms with van der Waals surface area (Å²) in [7, 11) is 0. The largest absolute Gasteiger partial charge is 0.387 e. The fourth-order valence-corrected chi connectivity index (χ4v) is 2.89. The zero-order chi connectivity index (χ0) is 18.8. The highest BCUT2D eigenvalue weighted by Crippen LogP contribution is 2.24. The summed E-state index contributed by atoms with van der Waals surface area (Å²) in [5.41, 5.74) is 1.95. The first-order chi connectivity index (χ1) is 13.1. The Hall–Kier alpha value is -3.03. The van der Waals surface area contributed by atoms with Crippen molar-refractivity contribution < 1.29 is 9.50 Å². The number of para-hydroxylation sites is 1. The lowest BCUT2D eigenvalue weighted by molar-refractivity contribution is 0.191. The van der Waals surface area contributed by atoms with E-state index in [4.69, 9.17) is 11.6 Å². The van der Waals surface area contributed by atoms with Gasteiger partial charge in [-0.3, -0.25) is 0 Å². The third-order valence-corrected chi connectivity index (χ3v) is 4.46. The molecule has 4 aromatic rings. The lowest BCUT2D eigenvalue weighted by atomic mass is 10.1. The van der Waals surface area contributed by atoms with Crippen LogP contribution in [0.1, 0.15) is 11.7 Å². The molecule has 0 aliphatic heterocycles. The summed E-state index contributed by atoms with van der Waals surface area (Å²) in [4.78, 5) is 8.54. The molecule has 2 N–H and O–H groups in total. The van der Waals surface area contributed by atoms with Gasteiger partial charge in [-0.2, -0.15) is 5.10 Å². The number of halogens is 2. The van der Waals surface area contributed by atoms with Gasteiger partial charge in [0.25, 0.3) is 0 Å². The predicted octanol–water partition coefficient (Wildman–Crippen LogP) is 3.75. The molecule has 0 bridgehead atoms. The number of nitrogens with one attached hydrogen (secondary N) is 1. The van der Waals surface area contributed by atoms with Crippen molar-refractivity contribution in [1.29, 1.82) is 0 Å². The first-order valence-electron chi connectivity index (χ1n) is 8.24. The van der Waals surface area contributed by atoms with Crippen LogP contribution in [-0.2, 0) is 0 Å². The van der Waals surface area contributed by atoms with Crippen LogP contribution < -0.4 is 5.32 Å². The molecule has 0 spiro atoms. The monoisotopic (exact) mass is 383 g/mol. The van der Waals surface area contributed by atoms with Crippen molar-refractivity contribution in [3.05, 3.63) is 77.5 Å². The molecule has 1 unspecified atom stereocenters. The molecule has 4 rings (SSSR count). The Morgan fingerprint density at radius 2 is 1.96 bits per heavy atom. The highest BCUT2D eigenvalue weighted by molar-refractivity contribution is 6.30. The molecule has 0 saturated carbocycles. The van der Waals surface area contributed by atoms with Gasteiger partial charge in [0.1, 0.15) is 18.0 Å². The normalized spacial score (nSPS) is 12.3. The molecular weight excluding hydrogens is 369 g/mol. The van der Waals surface area contributed by atoms with Gasteiger partial charge in [0.15, 0.2) is 5.65 Å². The van der Waals surface area contributed by atoms with E-state index in [9.17, 15) is 9.50 Å². The number of hydrogen-bond acceptors (Lipinski definition) is 5. The van der Waals surface area contributed by atoms with E-state index in [1.165, 1.54) is 18.5 Å². The molecule has 2 aromatic carbocycles. The van der Waals surface area contributed by atoms with Crippen LogP contribution in [-0.4, -0.2) is 31.4 Å². The molecule has 8 heteroatoms. The Morgan fingerprint density at radius 1 is 1.15 bits per heavy atom. The summed E-state index contributed by atoms with van der Waals surface area (Å²) >= 11 is 5.68. The minimum atomic E-state index is -0.925. The maximum Gasteiger partial charge on any atom is 0.168 e. The van der Waals surface area contributed by atoms with Crippen LogP contribution in [0.5, 0.6) is 0 Å². The van der Waals surface area contributed by atoms with Gasteiger partial charge >= 0.3 is 0 Å². The summed E-state index contributed by atoms with van der Waals surface area (Å²) in [5, 5.41) is 18.5. The molecule has 0 fully saturated rings. The molecule has 0 radical (unpaired) electrons. The van der Waals surface area contributed by atoms with E-state index in [-0.39, 0.29) is 11.6 Å². The van der Waals surface area contributed by atoms with E-state index in [1.807, 2.05) is 30.3 Å². The molecule has 2 heterocycles. The second-order valence-electron chi connectivity index (χ2n) is 5.92. The number of hydrogen-bond donors (Lipinski definition) is 2. The highest BCUT2D eigenvalue weighted by Gasteiger charge is 2.14. The highest BCUT2D eigenvalue weighted by atomic mass is 35.5. The van der Waals surface area contributed by atoms with Crippen LogP contribution in [0.25, 0.3) is 16.7 Å². The van der Waals surface area contributed by atoms with Gasteiger partial charge in [-0.25, -0.2) is 19.0 Å². The second-order valence-corrected chi connectivity index (χ2v) is 6.33. The first-order valence-corrected chi connectivity index (χ1v) is 8.62. The van der Waals surface area contributed by atoms with Crippen molar-refractivity contribution in [2.75, 3.05) is 11.9 Å². The van der Waals surface area contributed by atoms with Crippen molar-refractivity contribution in [3.8, 4) is 5.69 Å². The van der Waals surface area contributed by atoms with Gasteiger partial charge < -0.3 is 10.4 Å². The van der Waals surface area contributed by atoms with Crippen molar-refractivity contribution in [2.45, 2.75) is 6.10 Å². The Bertz CT molecular complexity index is 1090. The molecule has 6 nitrogen and oxygen atoms in total. The smallest absolute Gasteiger partial charge is 0.168 e. The number of nitrogens with zero attached hydrogens (tertiary/aromatic N) is 4. The van der Waals surface area contributed by atoms with Crippen LogP contribution in [0.15, 0.2) is 61.1 Å². The standard InChI is InChI=1S/C19H15ClFN5O/c20-15-7-6-12(8-16(15)21)17(27)10-22-18-14-9-25-26(19(14)24-11-23-18)13-4-2-1-3-5-13/h1-9,11,17,27H,10H2,(H,22,23,24). The van der Waals surface area contributed by atoms with Crippen molar-refractivity contribution in [1.82, 2.24) is 19.7 Å². The van der Waals surface area contributed by atoms with E-state index < -0.39 is 11.9 Å². The SMILES string of the molecule is OC(CNc1ncnc2c1cnn2-c1ccccc1)c1ccc(Cl)c(F)c1. The average Bonchev–Trinajstić information content (AvgIpc) is 3.13. The summed E-state index contributed by atoms with van der Waals surface area (Å²) in [5.74, 6) is -0.0301. The lowest BCUT2D eigenvalue weighted by Gasteiger charge is -2.13. The number of benzene rings is 2. The van der Waals surface area contributed by atoms with Crippen molar-refractivity contribution >= 4 is 28.5 Å². The number of rotatable bonds is 5. The number of anilines is 1. The van der Waals surface area contributed by atoms with Crippen molar-refractivity contribution in [3.63, 3.8) is 0 Å². The molecule has 0 amide bonds. The summed E-state index contributed by atoms with van der Waals surface area (Å²) in [6, 6.07) is 13.9. The number of aliphatic hydroxyl groups excluding tert-OH is 1. The molecule has 1 atom stereocenters. The maximum absolute atomic E-state index is 13.6. The number of aromatic nitrogens is 4.